The molecular weight excluding hydrogens is 973 g/mol. The maximum Gasteiger partial charge on any atom is 0.306 e. The molecule has 468 valence electrons. The van der Waals surface area contributed by atoms with E-state index in [1.165, 1.54) is 321 Å². The smallest absolute Gasteiger partial charge is 0.306 e. The van der Waals surface area contributed by atoms with Gasteiger partial charge in [-0.2, -0.15) is 0 Å². The van der Waals surface area contributed by atoms with Crippen molar-refractivity contribution < 1.29 is 28.6 Å². The third kappa shape index (κ3) is 66.8. The zero-order valence-electron chi connectivity index (χ0n) is 53.9. The van der Waals surface area contributed by atoms with Gasteiger partial charge in [0.1, 0.15) is 13.2 Å². The lowest BCUT2D eigenvalue weighted by Gasteiger charge is -2.18. The maximum absolute atomic E-state index is 13.0. The number of hydrogen-bond acceptors (Lipinski definition) is 6. The number of esters is 3. The van der Waals surface area contributed by atoms with Gasteiger partial charge in [-0.3, -0.25) is 14.4 Å². The molecule has 6 nitrogen and oxygen atoms in total. The van der Waals surface area contributed by atoms with Crippen molar-refractivity contribution in [2.75, 3.05) is 13.2 Å². The molecule has 0 rings (SSSR count). The van der Waals surface area contributed by atoms with Crippen LogP contribution >= 0.6 is 0 Å². The van der Waals surface area contributed by atoms with Crippen LogP contribution in [-0.2, 0) is 28.6 Å². The number of carbonyl (C=O) groups excluding carboxylic acids is 3. The van der Waals surface area contributed by atoms with E-state index in [9.17, 15) is 14.4 Å². The van der Waals surface area contributed by atoms with Crippen LogP contribution in [0.5, 0.6) is 0 Å². The maximum atomic E-state index is 13.0. The van der Waals surface area contributed by atoms with Crippen molar-refractivity contribution in [2.45, 2.75) is 425 Å². The molecule has 0 saturated heterocycles. The molecule has 0 aliphatic rings. The minimum absolute atomic E-state index is 0.0641. The lowest BCUT2D eigenvalue weighted by atomic mass is 10.0. The molecule has 0 aliphatic carbocycles. The predicted molar refractivity (Wildman–Crippen MR) is 344 cm³/mol. The van der Waals surface area contributed by atoms with E-state index in [4.69, 9.17) is 14.2 Å². The van der Waals surface area contributed by atoms with Crippen LogP contribution in [0, 0.1) is 0 Å². The Hall–Kier alpha value is -1.85. The third-order valence-electron chi connectivity index (χ3n) is 16.8. The first-order valence-electron chi connectivity index (χ1n) is 36.2. The van der Waals surface area contributed by atoms with E-state index < -0.39 is 6.10 Å². The van der Waals surface area contributed by atoms with Crippen LogP contribution in [0.15, 0.2) is 12.2 Å². The normalized spacial score (nSPS) is 12.0. The molecule has 0 aliphatic heterocycles. The second kappa shape index (κ2) is 68.6. The van der Waals surface area contributed by atoms with Crippen LogP contribution in [0.1, 0.15) is 419 Å². The summed E-state index contributed by atoms with van der Waals surface area (Å²) in [7, 11) is 0. The second-order valence-corrected chi connectivity index (χ2v) is 24.9. The van der Waals surface area contributed by atoms with E-state index in [0.29, 0.717) is 19.3 Å². The van der Waals surface area contributed by atoms with Gasteiger partial charge in [-0.25, -0.2) is 0 Å². The van der Waals surface area contributed by atoms with Gasteiger partial charge in [0.05, 0.1) is 0 Å². The molecule has 0 heterocycles. The minimum atomic E-state index is -0.768. The fourth-order valence-corrected chi connectivity index (χ4v) is 11.3. The Labute approximate surface area is 494 Å². The van der Waals surface area contributed by atoms with Gasteiger partial charge in [-0.05, 0) is 44.9 Å². The largest absolute Gasteiger partial charge is 0.462 e. The first kappa shape index (κ1) is 77.2. The van der Waals surface area contributed by atoms with E-state index in [1.54, 1.807) is 0 Å². The summed E-state index contributed by atoms with van der Waals surface area (Å²) >= 11 is 0. The van der Waals surface area contributed by atoms with E-state index in [1.807, 2.05) is 0 Å². The van der Waals surface area contributed by atoms with Crippen molar-refractivity contribution in [2.24, 2.45) is 0 Å². The number of carbonyl (C=O) groups is 3. The highest BCUT2D eigenvalue weighted by atomic mass is 16.6. The topological polar surface area (TPSA) is 78.9 Å². The number of ether oxygens (including phenoxy) is 3. The summed E-state index contributed by atoms with van der Waals surface area (Å²) in [6, 6.07) is 0. The van der Waals surface area contributed by atoms with Gasteiger partial charge in [0.15, 0.2) is 6.10 Å². The van der Waals surface area contributed by atoms with Gasteiger partial charge in [-0.1, -0.05) is 367 Å². The first-order chi connectivity index (χ1) is 39.0. The SMILES string of the molecule is CCCCCCCC/C=C\CCCCCCCCCC(=O)OCC(COC(=O)CCCCCCCCCCCCCCCCCCCCCCCCCCCC)OC(=O)CCCCCCCCCCCCCCCCCCCC. The molecule has 1 atom stereocenters. The Morgan fingerprint density at radius 2 is 0.418 bits per heavy atom. The van der Waals surface area contributed by atoms with Crippen molar-refractivity contribution in [1.29, 1.82) is 0 Å². The van der Waals surface area contributed by atoms with E-state index in [-0.39, 0.29) is 31.1 Å². The third-order valence-corrected chi connectivity index (χ3v) is 16.8. The number of allylic oxidation sites excluding steroid dienone is 2. The Morgan fingerprint density at radius 1 is 0.241 bits per heavy atom. The Kier molecular flexibility index (Phi) is 67.0. The predicted octanol–water partition coefficient (Wildman–Crippen LogP) is 24.8. The average molecular weight is 1110 g/mol. The Bertz CT molecular complexity index is 1230. The molecule has 79 heavy (non-hydrogen) atoms. The second-order valence-electron chi connectivity index (χ2n) is 24.9. The van der Waals surface area contributed by atoms with Crippen molar-refractivity contribution in [1.82, 2.24) is 0 Å². The Balaban J connectivity index is 4.23. The summed E-state index contributed by atoms with van der Waals surface area (Å²) in [5.74, 6) is -0.831. The molecule has 6 heteroatoms. The lowest BCUT2D eigenvalue weighted by molar-refractivity contribution is -0.167. The molecule has 0 fully saturated rings. The lowest BCUT2D eigenvalue weighted by Crippen LogP contribution is -2.30. The first-order valence-corrected chi connectivity index (χ1v) is 36.2. The zero-order valence-corrected chi connectivity index (χ0v) is 53.9. The number of hydrogen-bond donors (Lipinski definition) is 0. The van der Waals surface area contributed by atoms with E-state index in [0.717, 1.165) is 57.8 Å². The van der Waals surface area contributed by atoms with Crippen molar-refractivity contribution >= 4 is 17.9 Å². The van der Waals surface area contributed by atoms with Crippen molar-refractivity contribution in [3.63, 3.8) is 0 Å². The summed E-state index contributed by atoms with van der Waals surface area (Å²) in [5.41, 5.74) is 0. The van der Waals surface area contributed by atoms with Crippen LogP contribution in [0.25, 0.3) is 0 Å². The van der Waals surface area contributed by atoms with Gasteiger partial charge < -0.3 is 14.2 Å². The summed E-state index contributed by atoms with van der Waals surface area (Å²) in [6.07, 6.45) is 82.4. The monoisotopic (exact) mass is 1110 g/mol. The molecule has 0 radical (unpaired) electrons. The number of rotatable bonds is 68. The molecule has 0 amide bonds. The van der Waals surface area contributed by atoms with Gasteiger partial charge >= 0.3 is 17.9 Å². The van der Waals surface area contributed by atoms with Crippen molar-refractivity contribution in [3.8, 4) is 0 Å². The summed E-state index contributed by atoms with van der Waals surface area (Å²) < 4.78 is 17.0. The molecule has 0 bridgehead atoms. The fourth-order valence-electron chi connectivity index (χ4n) is 11.3. The molecule has 0 aromatic carbocycles. The average Bonchev–Trinajstić information content (AvgIpc) is 3.45. The van der Waals surface area contributed by atoms with Crippen molar-refractivity contribution in [3.05, 3.63) is 12.2 Å². The van der Waals surface area contributed by atoms with Crippen LogP contribution in [0.4, 0.5) is 0 Å². The molecule has 0 spiro atoms. The summed E-state index contributed by atoms with van der Waals surface area (Å²) in [5, 5.41) is 0. The van der Waals surface area contributed by atoms with Gasteiger partial charge in [-0.15, -0.1) is 0 Å². The highest BCUT2D eigenvalue weighted by molar-refractivity contribution is 5.71. The van der Waals surface area contributed by atoms with Gasteiger partial charge in [0.25, 0.3) is 0 Å². The summed E-state index contributed by atoms with van der Waals surface area (Å²) in [4.78, 5) is 38.5. The van der Waals surface area contributed by atoms with Crippen LogP contribution in [-0.4, -0.2) is 37.2 Å². The molecule has 0 aromatic rings. The van der Waals surface area contributed by atoms with E-state index >= 15 is 0 Å². The minimum Gasteiger partial charge on any atom is -0.462 e. The van der Waals surface area contributed by atoms with Gasteiger partial charge in [0, 0.05) is 19.3 Å². The van der Waals surface area contributed by atoms with Crippen LogP contribution in [0.2, 0.25) is 0 Å². The Morgan fingerprint density at radius 3 is 0.633 bits per heavy atom. The molecule has 0 N–H and O–H groups in total. The number of unbranched alkanes of at least 4 members (excludes halogenated alkanes) is 55. The highest BCUT2D eigenvalue weighted by Crippen LogP contribution is 2.19. The quantitative estimate of drug-likeness (QED) is 0.0261. The summed E-state index contributed by atoms with van der Waals surface area (Å²) in [6.45, 7) is 6.73. The molecule has 0 aromatic heterocycles. The van der Waals surface area contributed by atoms with E-state index in [2.05, 4.69) is 32.9 Å². The fraction of sp³-hybridized carbons (Fsp3) is 0.932. The highest BCUT2D eigenvalue weighted by Gasteiger charge is 2.19. The molecular formula is C73H140O6. The standard InChI is InChI=1S/C73H140O6/c1-4-7-10-13-16-19-22-25-28-31-33-34-35-36-37-38-39-40-43-45-48-51-54-57-60-63-66-72(75)78-69-70(68-77-71(74)65-62-59-56-53-50-47-44-41-30-27-24-21-18-15-12-9-6-3)79-73(76)67-64-61-58-55-52-49-46-42-32-29-26-23-20-17-14-11-8-5-2/h27,30,70H,4-26,28-29,31-69H2,1-3H3/b30-27-. The molecule has 0 saturated carbocycles. The van der Waals surface area contributed by atoms with Crippen LogP contribution < -0.4 is 0 Å². The van der Waals surface area contributed by atoms with Crippen LogP contribution in [0.3, 0.4) is 0 Å². The zero-order chi connectivity index (χ0) is 57.1. The van der Waals surface area contributed by atoms with Gasteiger partial charge in [0.2, 0.25) is 0 Å². The molecule has 1 unspecified atom stereocenters.